The van der Waals surface area contributed by atoms with Gasteiger partial charge in [-0.25, -0.2) is 4.79 Å². The molecule has 0 saturated heterocycles. The largest absolute Gasteiger partial charge is 0.449 e. The quantitative estimate of drug-likeness (QED) is 0.553. The number of hydrogen-bond acceptors (Lipinski definition) is 3. The molecule has 1 aliphatic carbocycles. The van der Waals surface area contributed by atoms with Crippen molar-refractivity contribution in [2.24, 2.45) is 0 Å². The van der Waals surface area contributed by atoms with Crippen LogP contribution in [0.2, 0.25) is 5.02 Å². The molecule has 2 aromatic carbocycles. The van der Waals surface area contributed by atoms with E-state index in [0.717, 1.165) is 5.56 Å². The molecule has 0 atom stereocenters. The molecule has 1 aliphatic rings. The maximum atomic E-state index is 12.1. The number of rotatable bonds is 6. The van der Waals surface area contributed by atoms with Gasteiger partial charge in [-0.2, -0.15) is 0 Å². The van der Waals surface area contributed by atoms with Crippen molar-refractivity contribution >= 4 is 23.8 Å². The molecule has 0 fully saturated rings. The average molecular weight is 421 g/mol. The highest BCUT2D eigenvalue weighted by Crippen LogP contribution is 2.44. The average Bonchev–Trinajstić information content (AvgIpc) is 3.08. The number of H-pyrrole nitrogens is 1. The summed E-state index contributed by atoms with van der Waals surface area (Å²) < 4.78 is 5.50. The Morgan fingerprint density at radius 3 is 2.43 bits per heavy atom. The summed E-state index contributed by atoms with van der Waals surface area (Å²) in [5.74, 6) is 0.0491. The number of fused-ring (bicyclic) bond motifs is 3. The Labute approximate surface area is 179 Å². The summed E-state index contributed by atoms with van der Waals surface area (Å²) in [6, 6.07) is 18.1. The number of pyridine rings is 1. The van der Waals surface area contributed by atoms with Crippen molar-refractivity contribution in [1.29, 1.82) is 0 Å². The zero-order valence-electron chi connectivity index (χ0n) is 16.2. The van der Waals surface area contributed by atoms with E-state index >= 15 is 0 Å². The first-order valence-electron chi connectivity index (χ1n) is 9.77. The third-order valence-electron chi connectivity index (χ3n) is 5.11. The van der Waals surface area contributed by atoms with Gasteiger partial charge in [-0.05, 0) is 40.3 Å². The maximum Gasteiger partial charge on any atom is 0.407 e. The molecule has 6 heteroatoms. The molecule has 0 aliphatic heterocycles. The molecule has 1 aromatic heterocycles. The van der Waals surface area contributed by atoms with Crippen LogP contribution in [0.3, 0.4) is 0 Å². The zero-order chi connectivity index (χ0) is 20.9. The minimum Gasteiger partial charge on any atom is -0.449 e. The number of aromatic nitrogens is 1. The molecule has 0 spiro atoms. The fraction of sp³-hybridized carbons (Fsp3) is 0.167. The second kappa shape index (κ2) is 9.01. The van der Waals surface area contributed by atoms with E-state index < -0.39 is 6.09 Å². The molecule has 0 saturated carbocycles. The normalized spacial score (nSPS) is 12.6. The first kappa shape index (κ1) is 20.0. The molecular weight excluding hydrogens is 400 g/mol. The number of aromatic amines is 1. The molecule has 0 bridgehead atoms. The van der Waals surface area contributed by atoms with E-state index in [-0.39, 0.29) is 16.5 Å². The fourth-order valence-electron chi connectivity index (χ4n) is 3.69. The Morgan fingerprint density at radius 2 is 1.77 bits per heavy atom. The topological polar surface area (TPSA) is 71.2 Å². The van der Waals surface area contributed by atoms with E-state index in [4.69, 9.17) is 16.3 Å². The summed E-state index contributed by atoms with van der Waals surface area (Å²) in [6.45, 7) is 0.746. The predicted molar refractivity (Wildman–Crippen MR) is 119 cm³/mol. The first-order valence-corrected chi connectivity index (χ1v) is 10.1. The van der Waals surface area contributed by atoms with Gasteiger partial charge in [-0.15, -0.1) is 0 Å². The summed E-state index contributed by atoms with van der Waals surface area (Å²) in [5.41, 5.74) is 5.26. The van der Waals surface area contributed by atoms with Crippen LogP contribution in [0.1, 0.15) is 29.0 Å². The molecule has 4 rings (SSSR count). The zero-order valence-corrected chi connectivity index (χ0v) is 17.0. The van der Waals surface area contributed by atoms with Crippen molar-refractivity contribution < 1.29 is 9.53 Å². The van der Waals surface area contributed by atoms with Crippen LogP contribution in [-0.4, -0.2) is 24.2 Å². The smallest absolute Gasteiger partial charge is 0.407 e. The van der Waals surface area contributed by atoms with Gasteiger partial charge in [0.25, 0.3) is 5.56 Å². The van der Waals surface area contributed by atoms with Crippen LogP contribution in [0.5, 0.6) is 0 Å². The number of benzene rings is 2. The lowest BCUT2D eigenvalue weighted by Crippen LogP contribution is -2.26. The van der Waals surface area contributed by atoms with Gasteiger partial charge < -0.3 is 15.0 Å². The monoisotopic (exact) mass is 420 g/mol. The van der Waals surface area contributed by atoms with Crippen molar-refractivity contribution in [3.8, 4) is 11.1 Å². The molecule has 3 aromatic rings. The number of carbonyl (C=O) groups is 1. The molecule has 152 valence electrons. The van der Waals surface area contributed by atoms with Crippen LogP contribution in [0.4, 0.5) is 4.79 Å². The number of alkyl carbamates (subject to hydrolysis) is 1. The first-order chi connectivity index (χ1) is 14.6. The number of halogens is 1. The number of carbonyl (C=O) groups excluding carboxylic acids is 1. The van der Waals surface area contributed by atoms with Crippen LogP contribution >= 0.6 is 11.6 Å². The molecule has 5 nitrogen and oxygen atoms in total. The Morgan fingerprint density at radius 1 is 1.10 bits per heavy atom. The second-order valence-corrected chi connectivity index (χ2v) is 7.46. The van der Waals surface area contributed by atoms with Gasteiger partial charge in [0.1, 0.15) is 11.6 Å². The van der Waals surface area contributed by atoms with Crippen molar-refractivity contribution in [2.45, 2.75) is 12.3 Å². The highest BCUT2D eigenvalue weighted by atomic mass is 35.5. The third-order valence-corrected chi connectivity index (χ3v) is 5.40. The second-order valence-electron chi connectivity index (χ2n) is 7.05. The van der Waals surface area contributed by atoms with Crippen LogP contribution in [0.25, 0.3) is 17.2 Å². The van der Waals surface area contributed by atoms with Gasteiger partial charge in [0.05, 0.1) is 0 Å². The van der Waals surface area contributed by atoms with E-state index in [0.29, 0.717) is 19.6 Å². The van der Waals surface area contributed by atoms with Gasteiger partial charge in [0.15, 0.2) is 0 Å². The minimum atomic E-state index is -0.433. The van der Waals surface area contributed by atoms with Crippen molar-refractivity contribution in [1.82, 2.24) is 10.3 Å². The molecular formula is C24H21ClN2O3. The van der Waals surface area contributed by atoms with Gasteiger partial charge >= 0.3 is 6.09 Å². The molecule has 0 unspecified atom stereocenters. The van der Waals surface area contributed by atoms with Crippen LogP contribution < -0.4 is 10.9 Å². The summed E-state index contributed by atoms with van der Waals surface area (Å²) in [6.07, 6.45) is 5.51. The molecule has 1 amide bonds. The van der Waals surface area contributed by atoms with Crippen molar-refractivity contribution in [2.75, 3.05) is 13.2 Å². The van der Waals surface area contributed by atoms with Crippen LogP contribution in [0.15, 0.2) is 71.7 Å². The lowest BCUT2D eigenvalue weighted by atomic mass is 9.98. The summed E-state index contributed by atoms with van der Waals surface area (Å²) >= 11 is 5.80. The van der Waals surface area contributed by atoms with E-state index in [1.807, 2.05) is 36.4 Å². The van der Waals surface area contributed by atoms with Crippen molar-refractivity contribution in [3.05, 3.63) is 98.9 Å². The lowest BCUT2D eigenvalue weighted by molar-refractivity contribution is 0.143. The molecule has 0 radical (unpaired) electrons. The van der Waals surface area contributed by atoms with Crippen LogP contribution in [-0.2, 0) is 4.74 Å². The fourth-order valence-corrected chi connectivity index (χ4v) is 3.87. The SMILES string of the molecule is O=C(NCCC=Cc1c[nH]c(=O)c(Cl)c1)OCC1c2ccccc2-c2ccccc21. The van der Waals surface area contributed by atoms with E-state index in [9.17, 15) is 9.59 Å². The molecule has 2 N–H and O–H groups in total. The van der Waals surface area contributed by atoms with E-state index in [1.165, 1.54) is 22.3 Å². The Hall–Kier alpha value is -3.31. The van der Waals surface area contributed by atoms with Gasteiger partial charge in [0.2, 0.25) is 0 Å². The van der Waals surface area contributed by atoms with Gasteiger partial charge in [0, 0.05) is 18.7 Å². The van der Waals surface area contributed by atoms with E-state index in [1.54, 1.807) is 12.3 Å². The summed E-state index contributed by atoms with van der Waals surface area (Å²) in [4.78, 5) is 25.9. The molecule has 1 heterocycles. The summed E-state index contributed by atoms with van der Waals surface area (Å²) in [5, 5.41) is 2.91. The number of nitrogens with one attached hydrogen (secondary N) is 2. The summed E-state index contributed by atoms with van der Waals surface area (Å²) in [7, 11) is 0. The number of hydrogen-bond donors (Lipinski definition) is 2. The highest BCUT2D eigenvalue weighted by Gasteiger charge is 2.28. The predicted octanol–water partition coefficient (Wildman–Crippen LogP) is 4.97. The molecule has 30 heavy (non-hydrogen) atoms. The number of ether oxygens (including phenoxy) is 1. The van der Waals surface area contributed by atoms with Gasteiger partial charge in [-0.3, -0.25) is 4.79 Å². The van der Waals surface area contributed by atoms with E-state index in [2.05, 4.69) is 34.6 Å². The van der Waals surface area contributed by atoms with Crippen molar-refractivity contribution in [3.63, 3.8) is 0 Å². The standard InChI is InChI=1S/C24H21ClN2O3/c25-22-13-16(14-27-23(22)28)7-5-6-12-26-24(29)30-15-21-19-10-3-1-8-17(19)18-9-2-4-11-20(18)21/h1-5,7-11,13-14,21H,6,12,15H2,(H,26,29)(H,27,28). The third kappa shape index (κ3) is 4.31. The Bertz CT molecular complexity index is 1110. The van der Waals surface area contributed by atoms with Gasteiger partial charge in [-0.1, -0.05) is 72.3 Å². The maximum absolute atomic E-state index is 12.1. The Balaban J connectivity index is 1.28. The minimum absolute atomic E-state index is 0.0491. The van der Waals surface area contributed by atoms with Crippen LogP contribution in [0, 0.1) is 0 Å². The number of amides is 1. The highest BCUT2D eigenvalue weighted by molar-refractivity contribution is 6.30. The Kier molecular flexibility index (Phi) is 6.00. The lowest BCUT2D eigenvalue weighted by Gasteiger charge is -2.14.